The quantitative estimate of drug-likeness (QED) is 0.646. The van der Waals surface area contributed by atoms with Crippen LogP contribution in [0.2, 0.25) is 0 Å². The molecule has 2 fully saturated rings. The zero-order valence-electron chi connectivity index (χ0n) is 16.4. The summed E-state index contributed by atoms with van der Waals surface area (Å²) in [4.78, 5) is 13.7. The van der Waals surface area contributed by atoms with Gasteiger partial charge >= 0.3 is 0 Å². The maximum Gasteiger partial charge on any atom is 0.193 e. The second-order valence-corrected chi connectivity index (χ2v) is 7.71. The van der Waals surface area contributed by atoms with Gasteiger partial charge < -0.3 is 19.9 Å². The Balaban J connectivity index is 1.48. The summed E-state index contributed by atoms with van der Waals surface area (Å²) in [6, 6.07) is 4.32. The van der Waals surface area contributed by atoms with E-state index in [4.69, 9.17) is 4.74 Å². The molecule has 2 saturated heterocycles. The number of rotatable bonds is 5. The largest absolute Gasteiger partial charge is 0.381 e. The Bertz CT molecular complexity index is 574. The lowest BCUT2D eigenvalue weighted by atomic mass is 9.99. The van der Waals surface area contributed by atoms with Crippen LogP contribution in [0.15, 0.2) is 23.3 Å². The Morgan fingerprint density at radius 3 is 2.77 bits per heavy atom. The minimum Gasteiger partial charge on any atom is -0.381 e. The van der Waals surface area contributed by atoms with Crippen LogP contribution in [-0.4, -0.2) is 62.8 Å². The predicted octanol–water partition coefficient (Wildman–Crippen LogP) is 2.36. The number of anilines is 1. The summed E-state index contributed by atoms with van der Waals surface area (Å²) >= 11 is 0. The fraction of sp³-hybridized carbons (Fsp3) is 0.700. The lowest BCUT2D eigenvalue weighted by Gasteiger charge is -2.31. The molecule has 26 heavy (non-hydrogen) atoms. The minimum atomic E-state index is 0.603. The summed E-state index contributed by atoms with van der Waals surface area (Å²) in [6.07, 6.45) is 5.65. The van der Waals surface area contributed by atoms with Crippen LogP contribution in [0.25, 0.3) is 0 Å². The van der Waals surface area contributed by atoms with E-state index in [0.29, 0.717) is 5.92 Å². The molecule has 1 atom stereocenters. The second kappa shape index (κ2) is 9.21. The molecule has 1 aromatic rings. The van der Waals surface area contributed by atoms with Gasteiger partial charge in [-0.15, -0.1) is 0 Å². The molecule has 2 aliphatic heterocycles. The van der Waals surface area contributed by atoms with Crippen molar-refractivity contribution < 1.29 is 4.74 Å². The lowest BCUT2D eigenvalue weighted by molar-refractivity contribution is 0.181. The number of aromatic nitrogens is 1. The highest BCUT2D eigenvalue weighted by atomic mass is 16.5. The average molecular weight is 360 g/mol. The van der Waals surface area contributed by atoms with Gasteiger partial charge in [0.15, 0.2) is 5.96 Å². The maximum atomic E-state index is 5.47. The normalized spacial score (nSPS) is 21.9. The van der Waals surface area contributed by atoms with E-state index in [1.165, 1.54) is 18.4 Å². The molecule has 0 bridgehead atoms. The molecule has 0 radical (unpaired) electrons. The van der Waals surface area contributed by atoms with E-state index in [2.05, 4.69) is 51.2 Å². The van der Waals surface area contributed by atoms with Gasteiger partial charge in [0.2, 0.25) is 0 Å². The van der Waals surface area contributed by atoms with Gasteiger partial charge in [-0.2, -0.15) is 0 Å². The Morgan fingerprint density at radius 2 is 2.15 bits per heavy atom. The summed E-state index contributed by atoms with van der Waals surface area (Å²) in [5.74, 6) is 3.47. The molecule has 0 amide bonds. The zero-order chi connectivity index (χ0) is 18.4. The highest BCUT2D eigenvalue weighted by molar-refractivity contribution is 5.79. The molecule has 0 spiro atoms. The third-order valence-electron chi connectivity index (χ3n) is 5.50. The Labute approximate surface area is 157 Å². The lowest BCUT2D eigenvalue weighted by Crippen LogP contribution is -2.41. The van der Waals surface area contributed by atoms with Crippen molar-refractivity contribution in [1.29, 1.82) is 0 Å². The van der Waals surface area contributed by atoms with Gasteiger partial charge in [0.1, 0.15) is 5.82 Å². The first-order chi connectivity index (χ1) is 12.7. The molecule has 1 aromatic heterocycles. The summed E-state index contributed by atoms with van der Waals surface area (Å²) in [5, 5.41) is 3.45. The number of pyridine rings is 1. The molecule has 144 valence electrons. The Hall–Kier alpha value is -1.82. The number of nitrogens with zero attached hydrogens (tertiary/aromatic N) is 4. The summed E-state index contributed by atoms with van der Waals surface area (Å²) < 4.78 is 5.47. The molecule has 3 rings (SSSR count). The molecule has 3 heterocycles. The van der Waals surface area contributed by atoms with E-state index in [0.717, 1.165) is 63.5 Å². The van der Waals surface area contributed by atoms with Gasteiger partial charge in [-0.3, -0.25) is 4.99 Å². The van der Waals surface area contributed by atoms with Crippen LogP contribution >= 0.6 is 0 Å². The van der Waals surface area contributed by atoms with E-state index in [9.17, 15) is 0 Å². The summed E-state index contributed by atoms with van der Waals surface area (Å²) in [5.41, 5.74) is 1.18. The van der Waals surface area contributed by atoms with Crippen molar-refractivity contribution in [2.45, 2.75) is 32.7 Å². The van der Waals surface area contributed by atoms with E-state index in [1.807, 2.05) is 13.2 Å². The van der Waals surface area contributed by atoms with Crippen LogP contribution in [0.4, 0.5) is 5.82 Å². The summed E-state index contributed by atoms with van der Waals surface area (Å²) in [7, 11) is 3.93. The van der Waals surface area contributed by atoms with Crippen LogP contribution in [0.3, 0.4) is 0 Å². The number of ether oxygens (including phenoxy) is 1. The average Bonchev–Trinajstić information content (AvgIpc) is 3.16. The fourth-order valence-electron chi connectivity index (χ4n) is 3.71. The van der Waals surface area contributed by atoms with Crippen molar-refractivity contribution >= 4 is 11.8 Å². The van der Waals surface area contributed by atoms with E-state index in [1.54, 1.807) is 0 Å². The second-order valence-electron chi connectivity index (χ2n) is 7.71. The van der Waals surface area contributed by atoms with Crippen molar-refractivity contribution in [1.82, 2.24) is 15.2 Å². The third kappa shape index (κ3) is 5.10. The van der Waals surface area contributed by atoms with Crippen molar-refractivity contribution in [2.24, 2.45) is 16.8 Å². The number of hydrogen-bond acceptors (Lipinski definition) is 4. The number of piperidine rings is 1. The van der Waals surface area contributed by atoms with Crippen LogP contribution in [0.1, 0.15) is 31.7 Å². The molecule has 6 nitrogen and oxygen atoms in total. The number of guanidine groups is 1. The first kappa shape index (κ1) is 19.0. The monoisotopic (exact) mass is 359 g/mol. The molecule has 1 unspecified atom stereocenters. The number of aliphatic imine (C=N–C) groups is 1. The van der Waals surface area contributed by atoms with Crippen LogP contribution in [0.5, 0.6) is 0 Å². The van der Waals surface area contributed by atoms with Crippen LogP contribution in [0, 0.1) is 11.8 Å². The number of nitrogens with one attached hydrogen (secondary N) is 1. The van der Waals surface area contributed by atoms with Crippen LogP contribution < -0.4 is 10.2 Å². The Kier molecular flexibility index (Phi) is 6.72. The van der Waals surface area contributed by atoms with Gasteiger partial charge in [-0.25, -0.2) is 4.98 Å². The smallest absolute Gasteiger partial charge is 0.193 e. The van der Waals surface area contributed by atoms with Crippen LogP contribution in [-0.2, 0) is 11.3 Å². The van der Waals surface area contributed by atoms with E-state index in [-0.39, 0.29) is 0 Å². The fourth-order valence-corrected chi connectivity index (χ4v) is 3.71. The molecule has 0 aromatic carbocycles. The van der Waals surface area contributed by atoms with Gasteiger partial charge in [0, 0.05) is 59.0 Å². The number of hydrogen-bond donors (Lipinski definition) is 1. The van der Waals surface area contributed by atoms with Gasteiger partial charge in [-0.1, -0.05) is 13.0 Å². The minimum absolute atomic E-state index is 0.603. The standard InChI is InChI=1S/C20H33N5O/c1-16-6-9-25(10-7-16)19-5-4-17(12-22-19)13-23-20(21-2)24(3)14-18-8-11-26-15-18/h4-5,12,16,18H,6-11,13-15H2,1-3H3,(H,21,23). The van der Waals surface area contributed by atoms with E-state index >= 15 is 0 Å². The van der Waals surface area contributed by atoms with E-state index < -0.39 is 0 Å². The first-order valence-corrected chi connectivity index (χ1v) is 9.85. The van der Waals surface area contributed by atoms with Gasteiger partial charge in [0.25, 0.3) is 0 Å². The predicted molar refractivity (Wildman–Crippen MR) is 107 cm³/mol. The molecular formula is C20H33N5O. The van der Waals surface area contributed by atoms with Crippen molar-refractivity contribution in [3.8, 4) is 0 Å². The molecule has 0 aliphatic carbocycles. The highest BCUT2D eigenvalue weighted by Crippen LogP contribution is 2.21. The third-order valence-corrected chi connectivity index (χ3v) is 5.50. The van der Waals surface area contributed by atoms with Crippen molar-refractivity contribution in [2.75, 3.05) is 51.8 Å². The maximum absolute atomic E-state index is 5.47. The molecule has 1 N–H and O–H groups in total. The molecule has 0 saturated carbocycles. The molecular weight excluding hydrogens is 326 g/mol. The zero-order valence-corrected chi connectivity index (χ0v) is 16.4. The molecule has 6 heteroatoms. The van der Waals surface area contributed by atoms with Crippen molar-refractivity contribution in [3.63, 3.8) is 0 Å². The van der Waals surface area contributed by atoms with Gasteiger partial charge in [-0.05, 0) is 36.8 Å². The van der Waals surface area contributed by atoms with Gasteiger partial charge in [0.05, 0.1) is 6.61 Å². The SMILES string of the molecule is CN=C(NCc1ccc(N2CCC(C)CC2)nc1)N(C)CC1CCOC1. The topological polar surface area (TPSA) is 53.0 Å². The summed E-state index contributed by atoms with van der Waals surface area (Å²) in [6.45, 7) is 8.04. The Morgan fingerprint density at radius 1 is 1.35 bits per heavy atom. The molecule has 2 aliphatic rings. The van der Waals surface area contributed by atoms with Crippen molar-refractivity contribution in [3.05, 3.63) is 23.9 Å². The first-order valence-electron chi connectivity index (χ1n) is 9.85. The highest BCUT2D eigenvalue weighted by Gasteiger charge is 2.19.